The van der Waals surface area contributed by atoms with E-state index >= 15 is 0 Å². The molecular formula is C30H29BrN2O2S. The molecule has 1 aliphatic carbocycles. The van der Waals surface area contributed by atoms with Crippen LogP contribution in [-0.4, -0.2) is 12.1 Å². The Kier molecular flexibility index (Phi) is 7.00. The third-order valence-electron chi connectivity index (χ3n) is 6.79. The molecule has 4 aromatic rings. The number of amides is 1. The molecule has 1 aliphatic rings. The standard InChI is InChI=1S/C30H29BrN2O2S/c1-30(2,3)20-11-15-24-26(17-20)36-29(27(24)28(34)33-22-7-5-4-6-8-22)32-18-23-14-16-25(35-23)19-9-12-21(31)13-10-19/h4-10,12-14,16,18,20H,11,15,17H2,1-3H3,(H,33,34)/t20-/m0/s1. The lowest BCUT2D eigenvalue weighted by Crippen LogP contribution is -2.27. The third kappa shape index (κ3) is 5.40. The first kappa shape index (κ1) is 24.7. The molecule has 0 saturated heterocycles. The fraction of sp³-hybridized carbons (Fsp3) is 0.267. The van der Waals surface area contributed by atoms with Gasteiger partial charge in [0.2, 0.25) is 0 Å². The van der Waals surface area contributed by atoms with E-state index in [1.807, 2.05) is 66.7 Å². The number of thiophene rings is 1. The number of nitrogens with one attached hydrogen (secondary N) is 1. The fourth-order valence-electron chi connectivity index (χ4n) is 4.66. The molecule has 5 rings (SSSR count). The second-order valence-corrected chi connectivity index (χ2v) is 12.3. The first-order chi connectivity index (χ1) is 17.3. The fourth-order valence-corrected chi connectivity index (χ4v) is 6.20. The maximum absolute atomic E-state index is 13.5. The summed E-state index contributed by atoms with van der Waals surface area (Å²) < 4.78 is 7.05. The van der Waals surface area contributed by atoms with Gasteiger partial charge in [0.05, 0.1) is 11.8 Å². The van der Waals surface area contributed by atoms with E-state index in [-0.39, 0.29) is 11.3 Å². The molecule has 6 heteroatoms. The van der Waals surface area contributed by atoms with Crippen molar-refractivity contribution in [3.05, 3.63) is 93.0 Å². The summed E-state index contributed by atoms with van der Waals surface area (Å²) in [7, 11) is 0. The monoisotopic (exact) mass is 560 g/mol. The number of fused-ring (bicyclic) bond motifs is 1. The molecule has 36 heavy (non-hydrogen) atoms. The molecule has 1 N–H and O–H groups in total. The number of aliphatic imine (C=N–C) groups is 1. The zero-order valence-corrected chi connectivity index (χ0v) is 23.1. The van der Waals surface area contributed by atoms with E-state index in [1.54, 1.807) is 17.6 Å². The van der Waals surface area contributed by atoms with Gasteiger partial charge in [-0.25, -0.2) is 4.99 Å². The van der Waals surface area contributed by atoms with Crippen molar-refractivity contribution in [2.45, 2.75) is 40.0 Å². The number of hydrogen-bond donors (Lipinski definition) is 1. The highest BCUT2D eigenvalue weighted by molar-refractivity contribution is 9.10. The SMILES string of the molecule is CC(C)(C)[C@H]1CCc2c(sc(N=Cc3ccc(-c4ccc(Br)cc4)o3)c2C(=O)Nc2ccccc2)C1. The summed E-state index contributed by atoms with van der Waals surface area (Å²) >= 11 is 5.11. The molecule has 0 aliphatic heterocycles. The van der Waals surface area contributed by atoms with Crippen molar-refractivity contribution in [2.24, 2.45) is 16.3 Å². The van der Waals surface area contributed by atoms with Gasteiger partial charge in [-0.15, -0.1) is 11.3 Å². The van der Waals surface area contributed by atoms with E-state index in [1.165, 1.54) is 4.88 Å². The van der Waals surface area contributed by atoms with Gasteiger partial charge in [-0.3, -0.25) is 4.79 Å². The van der Waals surface area contributed by atoms with Gasteiger partial charge in [0, 0.05) is 20.6 Å². The number of carbonyl (C=O) groups is 1. The van der Waals surface area contributed by atoms with Crippen LogP contribution in [0.5, 0.6) is 0 Å². The van der Waals surface area contributed by atoms with Gasteiger partial charge in [-0.2, -0.15) is 0 Å². The molecule has 0 saturated carbocycles. The average Bonchev–Trinajstić information content (AvgIpc) is 3.47. The summed E-state index contributed by atoms with van der Waals surface area (Å²) in [5.74, 6) is 1.92. The van der Waals surface area contributed by atoms with Gasteiger partial charge >= 0.3 is 0 Å². The summed E-state index contributed by atoms with van der Waals surface area (Å²) in [6, 6.07) is 21.4. The van der Waals surface area contributed by atoms with Gasteiger partial charge in [-0.1, -0.05) is 67.0 Å². The van der Waals surface area contributed by atoms with Crippen molar-refractivity contribution < 1.29 is 9.21 Å². The van der Waals surface area contributed by atoms with E-state index in [2.05, 4.69) is 42.0 Å². The molecule has 184 valence electrons. The van der Waals surface area contributed by atoms with Gasteiger partial charge in [0.25, 0.3) is 5.91 Å². The summed E-state index contributed by atoms with van der Waals surface area (Å²) in [6.07, 6.45) is 4.69. The minimum absolute atomic E-state index is 0.102. The lowest BCUT2D eigenvalue weighted by atomic mass is 9.72. The van der Waals surface area contributed by atoms with Crippen LogP contribution in [0.15, 0.2) is 80.6 Å². The molecule has 1 amide bonds. The number of rotatable bonds is 5. The number of benzene rings is 2. The first-order valence-electron chi connectivity index (χ1n) is 12.2. The molecular weight excluding hydrogens is 532 g/mol. The number of carbonyl (C=O) groups excluding carboxylic acids is 1. The van der Waals surface area contributed by atoms with E-state index in [9.17, 15) is 4.79 Å². The van der Waals surface area contributed by atoms with E-state index in [0.717, 1.165) is 51.3 Å². The quantitative estimate of drug-likeness (QED) is 0.247. The van der Waals surface area contributed by atoms with Crippen LogP contribution in [0.4, 0.5) is 10.7 Å². The third-order valence-corrected chi connectivity index (χ3v) is 8.49. The second-order valence-electron chi connectivity index (χ2n) is 10.3. The average molecular weight is 562 g/mol. The van der Waals surface area contributed by atoms with Crippen LogP contribution in [0, 0.1) is 11.3 Å². The van der Waals surface area contributed by atoms with Gasteiger partial charge in [0.1, 0.15) is 16.5 Å². The van der Waals surface area contributed by atoms with Crippen molar-refractivity contribution in [3.8, 4) is 11.3 Å². The highest BCUT2D eigenvalue weighted by Crippen LogP contribution is 2.45. The van der Waals surface area contributed by atoms with Gasteiger partial charge in [-0.05, 0) is 72.6 Å². The number of anilines is 1. The van der Waals surface area contributed by atoms with E-state index < -0.39 is 0 Å². The Bertz CT molecular complexity index is 1400. The zero-order chi connectivity index (χ0) is 25.3. The maximum Gasteiger partial charge on any atom is 0.259 e. The van der Waals surface area contributed by atoms with Crippen molar-refractivity contribution in [1.82, 2.24) is 0 Å². The molecule has 2 aromatic carbocycles. The van der Waals surface area contributed by atoms with Crippen LogP contribution >= 0.6 is 27.3 Å². The smallest absolute Gasteiger partial charge is 0.259 e. The predicted octanol–water partition coefficient (Wildman–Crippen LogP) is 8.92. The van der Waals surface area contributed by atoms with Crippen LogP contribution in [-0.2, 0) is 12.8 Å². The molecule has 0 spiro atoms. The topological polar surface area (TPSA) is 54.6 Å². The Labute approximate surface area is 224 Å². The summed E-state index contributed by atoms with van der Waals surface area (Å²) in [6.45, 7) is 6.91. The number of furan rings is 1. The van der Waals surface area contributed by atoms with Gasteiger partial charge < -0.3 is 9.73 Å². The van der Waals surface area contributed by atoms with Crippen LogP contribution in [0.2, 0.25) is 0 Å². The number of nitrogens with zero attached hydrogens (tertiary/aromatic N) is 1. The molecule has 2 heterocycles. The normalized spacial score (nSPS) is 15.7. The minimum atomic E-state index is -0.102. The van der Waals surface area contributed by atoms with Crippen molar-refractivity contribution in [2.75, 3.05) is 5.32 Å². The highest BCUT2D eigenvalue weighted by Gasteiger charge is 2.33. The lowest BCUT2D eigenvalue weighted by molar-refractivity contribution is 0.102. The van der Waals surface area contributed by atoms with Crippen molar-refractivity contribution in [3.63, 3.8) is 0 Å². The molecule has 0 bridgehead atoms. The molecule has 4 nitrogen and oxygen atoms in total. The van der Waals surface area contributed by atoms with Crippen LogP contribution in [0.3, 0.4) is 0 Å². The van der Waals surface area contributed by atoms with Crippen molar-refractivity contribution >= 4 is 50.1 Å². The molecule has 1 atom stereocenters. The maximum atomic E-state index is 13.5. The Hall–Kier alpha value is -2.96. The molecule has 0 fully saturated rings. The summed E-state index contributed by atoms with van der Waals surface area (Å²) in [5, 5.41) is 3.81. The van der Waals surface area contributed by atoms with Crippen LogP contribution in [0.1, 0.15) is 53.8 Å². The van der Waals surface area contributed by atoms with Crippen LogP contribution < -0.4 is 5.32 Å². The molecule has 2 aromatic heterocycles. The van der Waals surface area contributed by atoms with Gasteiger partial charge in [0.15, 0.2) is 0 Å². The Balaban J connectivity index is 1.46. The zero-order valence-electron chi connectivity index (χ0n) is 20.7. The largest absolute Gasteiger partial charge is 0.455 e. The highest BCUT2D eigenvalue weighted by atomic mass is 79.9. The van der Waals surface area contributed by atoms with Crippen LogP contribution in [0.25, 0.3) is 11.3 Å². The Morgan fingerprint density at radius 2 is 1.83 bits per heavy atom. The number of hydrogen-bond acceptors (Lipinski definition) is 4. The van der Waals surface area contributed by atoms with E-state index in [0.29, 0.717) is 17.2 Å². The van der Waals surface area contributed by atoms with Crippen molar-refractivity contribution in [1.29, 1.82) is 0 Å². The molecule has 0 unspecified atom stereocenters. The first-order valence-corrected chi connectivity index (χ1v) is 13.8. The lowest BCUT2D eigenvalue weighted by Gasteiger charge is -2.33. The summed E-state index contributed by atoms with van der Waals surface area (Å²) in [5.41, 5.74) is 3.86. The Morgan fingerprint density at radius 1 is 1.08 bits per heavy atom. The predicted molar refractivity (Wildman–Crippen MR) is 153 cm³/mol. The van der Waals surface area contributed by atoms with E-state index in [4.69, 9.17) is 9.41 Å². The minimum Gasteiger partial charge on any atom is -0.455 e. The summed E-state index contributed by atoms with van der Waals surface area (Å²) in [4.78, 5) is 19.5. The second kappa shape index (κ2) is 10.2. The molecule has 0 radical (unpaired) electrons. The number of halogens is 1. The Morgan fingerprint density at radius 3 is 2.56 bits per heavy atom. The number of para-hydroxylation sites is 1.